The molecule has 0 amide bonds. The summed E-state index contributed by atoms with van der Waals surface area (Å²) < 4.78 is 0. The normalized spacial score (nSPS) is 12.7. The van der Waals surface area contributed by atoms with Crippen LogP contribution in [0.15, 0.2) is 29.4 Å². The minimum Gasteiger partial charge on any atom is -0.477 e. The molecule has 0 fully saturated rings. The number of carboxylic acids is 1. The monoisotopic (exact) mass is 247 g/mol. The molecule has 80 valence electrons. The van der Waals surface area contributed by atoms with E-state index in [9.17, 15) is 4.79 Å². The van der Waals surface area contributed by atoms with Gasteiger partial charge in [0.05, 0.1) is 6.21 Å². The molecular weight excluding hydrogens is 241 g/mol. The largest absolute Gasteiger partial charge is 0.477 e. The first-order chi connectivity index (χ1) is 7.11. The lowest BCUT2D eigenvalue weighted by Crippen LogP contribution is -2.14. The molecule has 15 heavy (non-hydrogen) atoms. The third-order valence-corrected chi connectivity index (χ3v) is 2.06. The molecule has 0 aromatic heterocycles. The molecule has 1 atom stereocenters. The molecule has 1 rings (SSSR count). The van der Waals surface area contributed by atoms with E-state index in [0.29, 0.717) is 10.6 Å². The summed E-state index contributed by atoms with van der Waals surface area (Å²) >= 11 is 11.1. The first-order valence-electron chi connectivity index (χ1n) is 3.92. The minimum atomic E-state index is -1.50. The fourth-order valence-corrected chi connectivity index (χ4v) is 0.996. The van der Waals surface area contributed by atoms with Crippen LogP contribution < -0.4 is 0 Å². The molecule has 0 bridgehead atoms. The summed E-state index contributed by atoms with van der Waals surface area (Å²) in [5.41, 5.74) is -0.878. The van der Waals surface area contributed by atoms with Gasteiger partial charge in [0.1, 0.15) is 0 Å². The summed E-state index contributed by atoms with van der Waals surface area (Å²) in [5, 5.41) is 12.3. The third-order valence-electron chi connectivity index (χ3n) is 1.44. The van der Waals surface area contributed by atoms with E-state index < -0.39 is 11.5 Å². The molecule has 1 unspecified atom stereocenters. The van der Waals surface area contributed by atoms with Gasteiger partial charge >= 0.3 is 5.97 Å². The molecule has 4 nitrogen and oxygen atoms in total. The number of carbonyl (C=O) groups is 1. The molecule has 0 aliphatic carbocycles. The van der Waals surface area contributed by atoms with Gasteiger partial charge in [-0.2, -0.15) is 0 Å². The predicted molar refractivity (Wildman–Crippen MR) is 57.4 cm³/mol. The highest BCUT2D eigenvalue weighted by Crippen LogP contribution is 2.12. The van der Waals surface area contributed by atoms with Gasteiger partial charge in [-0.1, -0.05) is 46.6 Å². The number of nitrogens with zero attached hydrogens (tertiary/aromatic N) is 1. The first kappa shape index (κ1) is 11.8. The van der Waals surface area contributed by atoms with Gasteiger partial charge in [0, 0.05) is 10.6 Å². The van der Waals surface area contributed by atoms with E-state index >= 15 is 0 Å². The van der Waals surface area contributed by atoms with Gasteiger partial charge in [-0.3, -0.25) is 0 Å². The Labute approximate surface area is 96.1 Å². The summed E-state index contributed by atoms with van der Waals surface area (Å²) in [6.07, 6.45) is 1.29. The lowest BCUT2D eigenvalue weighted by atomic mass is 10.2. The van der Waals surface area contributed by atoms with Crippen molar-refractivity contribution in [1.82, 2.24) is 0 Å². The molecule has 0 radical (unpaired) electrons. The van der Waals surface area contributed by atoms with Crippen molar-refractivity contribution >= 4 is 35.4 Å². The number of aliphatic carboxylic acids is 1. The van der Waals surface area contributed by atoms with Crippen molar-refractivity contribution in [2.45, 2.75) is 5.56 Å². The number of halogens is 2. The van der Waals surface area contributed by atoms with E-state index in [1.54, 1.807) is 24.3 Å². The Balaban J connectivity index is 2.59. The van der Waals surface area contributed by atoms with Crippen molar-refractivity contribution < 1.29 is 14.7 Å². The summed E-state index contributed by atoms with van der Waals surface area (Å²) in [5.74, 6) is -1.30. The molecule has 0 aliphatic heterocycles. The van der Waals surface area contributed by atoms with Gasteiger partial charge in [0.2, 0.25) is 0 Å². The minimum absolute atomic E-state index is 0.492. The number of oxime groups is 1. The quantitative estimate of drug-likeness (QED) is 0.505. The second-order valence-corrected chi connectivity index (χ2v) is 3.32. The zero-order valence-corrected chi connectivity index (χ0v) is 8.94. The van der Waals surface area contributed by atoms with Gasteiger partial charge in [-0.15, -0.1) is 0 Å². The smallest absolute Gasteiger partial charge is 0.363 e. The zero-order valence-electron chi connectivity index (χ0n) is 7.43. The Morgan fingerprint density at radius 3 is 2.80 bits per heavy atom. The Kier molecular flexibility index (Phi) is 4.39. The highest BCUT2D eigenvalue weighted by Gasteiger charge is 2.13. The molecule has 1 aromatic carbocycles. The highest BCUT2D eigenvalue weighted by molar-refractivity contribution is 6.33. The maximum Gasteiger partial charge on any atom is 0.363 e. The van der Waals surface area contributed by atoms with E-state index in [1.807, 2.05) is 0 Å². The van der Waals surface area contributed by atoms with Crippen molar-refractivity contribution in [1.29, 1.82) is 0 Å². The average Bonchev–Trinajstić information content (AvgIpc) is 2.20. The van der Waals surface area contributed by atoms with Gasteiger partial charge in [0.25, 0.3) is 5.56 Å². The van der Waals surface area contributed by atoms with Crippen LogP contribution in [-0.4, -0.2) is 22.9 Å². The van der Waals surface area contributed by atoms with E-state index in [-0.39, 0.29) is 0 Å². The lowest BCUT2D eigenvalue weighted by molar-refractivity contribution is -0.144. The molecule has 0 spiro atoms. The van der Waals surface area contributed by atoms with Gasteiger partial charge < -0.3 is 9.94 Å². The fourth-order valence-electron chi connectivity index (χ4n) is 0.766. The number of hydrogen-bond donors (Lipinski definition) is 1. The Morgan fingerprint density at radius 2 is 2.20 bits per heavy atom. The molecule has 0 heterocycles. The van der Waals surface area contributed by atoms with Gasteiger partial charge in [-0.25, -0.2) is 4.79 Å². The second kappa shape index (κ2) is 5.58. The molecule has 0 saturated heterocycles. The summed E-state index contributed by atoms with van der Waals surface area (Å²) in [7, 11) is 0. The lowest BCUT2D eigenvalue weighted by Gasteiger charge is -2.00. The van der Waals surface area contributed by atoms with Crippen LogP contribution >= 0.6 is 23.2 Å². The van der Waals surface area contributed by atoms with E-state index in [2.05, 4.69) is 9.99 Å². The Bertz CT molecular complexity index is 381. The number of benzene rings is 1. The second-order valence-electron chi connectivity index (χ2n) is 2.52. The Morgan fingerprint density at radius 1 is 1.53 bits per heavy atom. The predicted octanol–water partition coefficient (Wildman–Crippen LogP) is 2.34. The van der Waals surface area contributed by atoms with Crippen LogP contribution in [0.2, 0.25) is 5.02 Å². The van der Waals surface area contributed by atoms with Crippen LogP contribution in [0.1, 0.15) is 5.56 Å². The molecular formula is C9H7Cl2NO3. The van der Waals surface area contributed by atoms with Crippen molar-refractivity contribution in [3.8, 4) is 0 Å². The molecule has 0 aliphatic rings. The van der Waals surface area contributed by atoms with Crippen LogP contribution in [0.4, 0.5) is 0 Å². The van der Waals surface area contributed by atoms with E-state index in [4.69, 9.17) is 28.3 Å². The number of hydrogen-bond acceptors (Lipinski definition) is 3. The number of alkyl halides is 1. The fraction of sp³-hybridized carbons (Fsp3) is 0.111. The summed E-state index contributed by atoms with van der Waals surface area (Å²) in [6.45, 7) is 0. The molecule has 1 aromatic rings. The standard InChI is InChI=1S/C9H7Cl2NO3/c10-7-4-2-1-3-6(7)5-12-15-8(11)9(13)14/h1-5,8H,(H,13,14). The van der Waals surface area contributed by atoms with Crippen LogP contribution in [-0.2, 0) is 9.63 Å². The zero-order chi connectivity index (χ0) is 11.3. The Hall–Kier alpha value is -1.26. The number of carboxylic acid groups (broad SMARTS) is 1. The summed E-state index contributed by atoms with van der Waals surface area (Å²) in [6, 6.07) is 6.92. The van der Waals surface area contributed by atoms with Crippen molar-refractivity contribution in [3.63, 3.8) is 0 Å². The van der Waals surface area contributed by atoms with Gasteiger partial charge in [0.15, 0.2) is 0 Å². The number of rotatable bonds is 4. The molecule has 0 saturated carbocycles. The third kappa shape index (κ3) is 3.77. The van der Waals surface area contributed by atoms with Crippen LogP contribution in [0.5, 0.6) is 0 Å². The van der Waals surface area contributed by atoms with E-state index in [1.165, 1.54) is 6.21 Å². The SMILES string of the molecule is O=C(O)C(Cl)ON=Cc1ccccc1Cl. The van der Waals surface area contributed by atoms with Crippen LogP contribution in [0.3, 0.4) is 0 Å². The van der Waals surface area contributed by atoms with E-state index in [0.717, 1.165) is 0 Å². The summed E-state index contributed by atoms with van der Waals surface area (Å²) in [4.78, 5) is 14.7. The molecule has 1 N–H and O–H groups in total. The van der Waals surface area contributed by atoms with Crippen molar-refractivity contribution in [3.05, 3.63) is 34.9 Å². The van der Waals surface area contributed by atoms with Crippen LogP contribution in [0, 0.1) is 0 Å². The highest BCUT2D eigenvalue weighted by atomic mass is 35.5. The van der Waals surface area contributed by atoms with Crippen molar-refractivity contribution in [2.75, 3.05) is 0 Å². The van der Waals surface area contributed by atoms with Crippen molar-refractivity contribution in [2.24, 2.45) is 5.16 Å². The first-order valence-corrected chi connectivity index (χ1v) is 4.73. The van der Waals surface area contributed by atoms with Crippen LogP contribution in [0.25, 0.3) is 0 Å². The topological polar surface area (TPSA) is 58.9 Å². The maximum atomic E-state index is 10.3. The van der Waals surface area contributed by atoms with Gasteiger partial charge in [-0.05, 0) is 6.07 Å². The average molecular weight is 248 g/mol. The molecule has 6 heteroatoms. The maximum absolute atomic E-state index is 10.3.